The lowest BCUT2D eigenvalue weighted by Gasteiger charge is -2.39. The van der Waals surface area contributed by atoms with Gasteiger partial charge in [0.25, 0.3) is 0 Å². The molecule has 3 heteroatoms. The molecule has 0 aromatic rings. The van der Waals surface area contributed by atoms with Crippen LogP contribution in [0.1, 0.15) is 26.7 Å². The monoisotopic (exact) mass is 208 g/mol. The number of amides is 1. The minimum Gasteiger partial charge on any atom is -0.333 e. The van der Waals surface area contributed by atoms with Gasteiger partial charge < -0.3 is 10.2 Å². The minimum absolute atomic E-state index is 0.0260. The Morgan fingerprint density at radius 3 is 2.87 bits per heavy atom. The Bertz CT molecular complexity index is 278. The van der Waals surface area contributed by atoms with E-state index in [0.29, 0.717) is 6.54 Å². The predicted molar refractivity (Wildman–Crippen MR) is 61.3 cm³/mol. The van der Waals surface area contributed by atoms with Gasteiger partial charge in [0, 0.05) is 7.05 Å². The molecule has 1 unspecified atom stereocenters. The molecule has 0 spiro atoms. The van der Waals surface area contributed by atoms with Crippen molar-refractivity contribution in [1.29, 1.82) is 0 Å². The highest BCUT2D eigenvalue weighted by Crippen LogP contribution is 2.30. The number of carbonyl (C=O) groups is 1. The van der Waals surface area contributed by atoms with E-state index in [9.17, 15) is 4.79 Å². The summed E-state index contributed by atoms with van der Waals surface area (Å²) < 4.78 is 0. The summed E-state index contributed by atoms with van der Waals surface area (Å²) >= 11 is 0. The van der Waals surface area contributed by atoms with Gasteiger partial charge in [-0.3, -0.25) is 4.79 Å². The number of carbonyl (C=O) groups excluding carboxylic acids is 1. The maximum atomic E-state index is 12.1. The number of nitrogens with one attached hydrogen (secondary N) is 1. The summed E-state index contributed by atoms with van der Waals surface area (Å²) in [6, 6.07) is -0.0930. The zero-order valence-corrected chi connectivity index (χ0v) is 9.84. The molecule has 1 saturated heterocycles. The van der Waals surface area contributed by atoms with Gasteiger partial charge in [0.05, 0.1) is 12.6 Å². The van der Waals surface area contributed by atoms with Crippen molar-refractivity contribution in [3.05, 3.63) is 0 Å². The lowest BCUT2D eigenvalue weighted by Crippen LogP contribution is -2.55. The summed E-state index contributed by atoms with van der Waals surface area (Å²) in [6.45, 7) is 5.56. The standard InChI is InChI=1S/C12H20N2O/c1-5-9-14(4)11(15)10-12(2,3)7-6-8-13-10/h1,10,13H,6-9H2,2-4H3. The molecule has 0 aromatic carbocycles. The molecule has 1 rings (SSSR count). The van der Waals surface area contributed by atoms with E-state index in [1.165, 1.54) is 0 Å². The Hall–Kier alpha value is -1.01. The normalized spacial score (nSPS) is 24.3. The molecule has 1 atom stereocenters. The van der Waals surface area contributed by atoms with Gasteiger partial charge in [-0.25, -0.2) is 0 Å². The number of terminal acetylenes is 1. The molecule has 1 aliphatic rings. The second-order valence-corrected chi connectivity index (χ2v) is 4.88. The number of hydrogen-bond donors (Lipinski definition) is 1. The summed E-state index contributed by atoms with van der Waals surface area (Å²) in [7, 11) is 1.76. The van der Waals surface area contributed by atoms with Gasteiger partial charge in [-0.1, -0.05) is 19.8 Å². The van der Waals surface area contributed by atoms with Gasteiger partial charge in [0.1, 0.15) is 0 Å². The third-order valence-corrected chi connectivity index (χ3v) is 3.08. The van der Waals surface area contributed by atoms with Gasteiger partial charge in [-0.05, 0) is 24.8 Å². The smallest absolute Gasteiger partial charge is 0.240 e. The molecule has 1 N–H and O–H groups in total. The van der Waals surface area contributed by atoms with Gasteiger partial charge in [0.2, 0.25) is 5.91 Å². The minimum atomic E-state index is -0.0930. The van der Waals surface area contributed by atoms with Gasteiger partial charge in [-0.15, -0.1) is 6.42 Å². The SMILES string of the molecule is C#CCN(C)C(=O)C1NCCCC1(C)C. The third-order valence-electron chi connectivity index (χ3n) is 3.08. The number of piperidine rings is 1. The van der Waals surface area contributed by atoms with Crippen LogP contribution in [-0.4, -0.2) is 37.0 Å². The Labute approximate surface area is 92.2 Å². The molecule has 3 nitrogen and oxygen atoms in total. The molecule has 0 aromatic heterocycles. The first-order valence-corrected chi connectivity index (χ1v) is 5.41. The van der Waals surface area contributed by atoms with E-state index in [1.54, 1.807) is 11.9 Å². The van der Waals surface area contributed by atoms with Gasteiger partial charge in [-0.2, -0.15) is 0 Å². The van der Waals surface area contributed by atoms with Crippen LogP contribution in [0.3, 0.4) is 0 Å². The van der Waals surface area contributed by atoms with Crippen LogP contribution < -0.4 is 5.32 Å². The van der Waals surface area contributed by atoms with Crippen LogP contribution >= 0.6 is 0 Å². The lowest BCUT2D eigenvalue weighted by atomic mass is 9.77. The zero-order valence-electron chi connectivity index (χ0n) is 9.84. The maximum Gasteiger partial charge on any atom is 0.240 e. The molecule has 1 aliphatic heterocycles. The molecule has 15 heavy (non-hydrogen) atoms. The molecule has 0 aliphatic carbocycles. The third kappa shape index (κ3) is 2.73. The predicted octanol–water partition coefficient (Wildman–Crippen LogP) is 0.856. The average molecular weight is 208 g/mol. The van der Waals surface area contributed by atoms with Crippen LogP contribution in [0.15, 0.2) is 0 Å². The van der Waals surface area contributed by atoms with Crippen molar-refractivity contribution < 1.29 is 4.79 Å². The summed E-state index contributed by atoms with van der Waals surface area (Å²) in [4.78, 5) is 13.7. The van der Waals surface area contributed by atoms with Crippen LogP contribution in [0.4, 0.5) is 0 Å². The molecule has 1 heterocycles. The first-order chi connectivity index (χ1) is 6.99. The fourth-order valence-corrected chi connectivity index (χ4v) is 2.07. The van der Waals surface area contributed by atoms with Crippen molar-refractivity contribution in [2.75, 3.05) is 20.1 Å². The first kappa shape index (κ1) is 12.1. The molecular formula is C12H20N2O. The van der Waals surface area contributed by atoms with Gasteiger partial charge in [0.15, 0.2) is 0 Å². The Morgan fingerprint density at radius 1 is 1.67 bits per heavy atom. The quantitative estimate of drug-likeness (QED) is 0.683. The van der Waals surface area contributed by atoms with E-state index in [0.717, 1.165) is 19.4 Å². The summed E-state index contributed by atoms with van der Waals surface area (Å²) in [6.07, 6.45) is 7.42. The van der Waals surface area contributed by atoms with Crippen LogP contribution in [0.2, 0.25) is 0 Å². The van der Waals surface area contributed by atoms with Crippen molar-refractivity contribution >= 4 is 5.91 Å². The number of rotatable bonds is 2. The van der Waals surface area contributed by atoms with E-state index in [4.69, 9.17) is 6.42 Å². The highest BCUT2D eigenvalue weighted by atomic mass is 16.2. The highest BCUT2D eigenvalue weighted by molar-refractivity contribution is 5.82. The van der Waals surface area contributed by atoms with Crippen molar-refractivity contribution in [3.63, 3.8) is 0 Å². The Balaban J connectivity index is 2.69. The van der Waals surface area contributed by atoms with Crippen LogP contribution in [-0.2, 0) is 4.79 Å². The second kappa shape index (κ2) is 4.67. The van der Waals surface area contributed by atoms with Crippen molar-refractivity contribution in [3.8, 4) is 12.3 Å². The molecule has 1 fully saturated rings. The molecule has 0 saturated carbocycles. The van der Waals surface area contributed by atoms with Crippen molar-refractivity contribution in [1.82, 2.24) is 10.2 Å². The number of likely N-dealkylation sites (N-methyl/N-ethyl adjacent to an activating group) is 1. The van der Waals surface area contributed by atoms with E-state index < -0.39 is 0 Å². The van der Waals surface area contributed by atoms with E-state index in [-0.39, 0.29) is 17.4 Å². The van der Waals surface area contributed by atoms with Crippen LogP contribution in [0.25, 0.3) is 0 Å². The van der Waals surface area contributed by atoms with Gasteiger partial charge >= 0.3 is 0 Å². The van der Waals surface area contributed by atoms with Crippen LogP contribution in [0, 0.1) is 17.8 Å². The fraction of sp³-hybridized carbons (Fsp3) is 0.750. The van der Waals surface area contributed by atoms with Crippen LogP contribution in [0.5, 0.6) is 0 Å². The number of hydrogen-bond acceptors (Lipinski definition) is 2. The van der Waals surface area contributed by atoms with E-state index in [2.05, 4.69) is 25.1 Å². The van der Waals surface area contributed by atoms with E-state index in [1.807, 2.05) is 0 Å². The molecule has 1 amide bonds. The summed E-state index contributed by atoms with van der Waals surface area (Å²) in [5.41, 5.74) is 0.0260. The molecule has 84 valence electrons. The van der Waals surface area contributed by atoms with E-state index >= 15 is 0 Å². The maximum absolute atomic E-state index is 12.1. The highest BCUT2D eigenvalue weighted by Gasteiger charge is 2.38. The van der Waals surface area contributed by atoms with Crippen molar-refractivity contribution in [2.24, 2.45) is 5.41 Å². The fourth-order valence-electron chi connectivity index (χ4n) is 2.07. The molecule has 0 radical (unpaired) electrons. The number of nitrogens with zero attached hydrogens (tertiary/aromatic N) is 1. The second-order valence-electron chi connectivity index (χ2n) is 4.88. The largest absolute Gasteiger partial charge is 0.333 e. The first-order valence-electron chi connectivity index (χ1n) is 5.41. The Morgan fingerprint density at radius 2 is 2.33 bits per heavy atom. The van der Waals surface area contributed by atoms with Crippen molar-refractivity contribution in [2.45, 2.75) is 32.7 Å². The molecule has 0 bridgehead atoms. The topological polar surface area (TPSA) is 32.3 Å². The summed E-state index contributed by atoms with van der Waals surface area (Å²) in [5.74, 6) is 2.60. The average Bonchev–Trinajstić information content (AvgIpc) is 2.16. The zero-order chi connectivity index (χ0) is 11.5. The summed E-state index contributed by atoms with van der Waals surface area (Å²) in [5, 5.41) is 3.29. The lowest BCUT2D eigenvalue weighted by molar-refractivity contribution is -0.135. The molecular weight excluding hydrogens is 188 g/mol. The Kier molecular flexibility index (Phi) is 3.76.